The van der Waals surface area contributed by atoms with Crippen LogP contribution in [0.5, 0.6) is 5.75 Å². The van der Waals surface area contributed by atoms with Crippen LogP contribution in [0.1, 0.15) is 5.56 Å². The van der Waals surface area contributed by atoms with Gasteiger partial charge in [-0.05, 0) is 23.7 Å². The van der Waals surface area contributed by atoms with E-state index in [0.717, 1.165) is 17.9 Å². The van der Waals surface area contributed by atoms with Gasteiger partial charge in [-0.2, -0.15) is 0 Å². The van der Waals surface area contributed by atoms with E-state index in [-0.39, 0.29) is 5.82 Å². The predicted molar refractivity (Wildman–Crippen MR) is 61.2 cm³/mol. The number of hydrogen-bond donors (Lipinski definition) is 0. The van der Waals surface area contributed by atoms with Gasteiger partial charge < -0.3 is 4.74 Å². The van der Waals surface area contributed by atoms with E-state index >= 15 is 0 Å². The van der Waals surface area contributed by atoms with Gasteiger partial charge in [0.05, 0.1) is 0 Å². The molecule has 0 radical (unpaired) electrons. The van der Waals surface area contributed by atoms with E-state index in [0.29, 0.717) is 26.2 Å². The normalized spacial score (nSPS) is 15.4. The van der Waals surface area contributed by atoms with Gasteiger partial charge >= 0.3 is 0 Å². The summed E-state index contributed by atoms with van der Waals surface area (Å²) in [5.74, 6) is 0.474. The molecule has 1 heterocycles. The van der Waals surface area contributed by atoms with Crippen LogP contribution in [0.25, 0.3) is 10.4 Å². The lowest BCUT2D eigenvalue weighted by Crippen LogP contribution is -2.28. The topological polar surface area (TPSA) is 61.2 Å². The maximum absolute atomic E-state index is 13.1. The van der Waals surface area contributed by atoms with Crippen LogP contribution >= 0.6 is 0 Å². The first-order valence-electron chi connectivity index (χ1n) is 5.44. The first kappa shape index (κ1) is 11.7. The Morgan fingerprint density at radius 1 is 1.53 bits per heavy atom. The predicted octanol–water partition coefficient (Wildman–Crippen LogP) is 2.33. The van der Waals surface area contributed by atoms with Crippen molar-refractivity contribution < 1.29 is 9.13 Å². The molecule has 0 saturated carbocycles. The summed E-state index contributed by atoms with van der Waals surface area (Å²) in [6.07, 6.45) is 0. The fraction of sp³-hybridized carbons (Fsp3) is 0.455. The monoisotopic (exact) mass is 236 g/mol. The van der Waals surface area contributed by atoms with E-state index in [1.165, 1.54) is 12.1 Å². The fourth-order valence-electron chi connectivity index (χ4n) is 1.84. The second kappa shape index (κ2) is 5.52. The number of nitrogens with zero attached hydrogens (tertiary/aromatic N) is 4. The van der Waals surface area contributed by atoms with Crippen molar-refractivity contribution in [3.8, 4) is 5.75 Å². The molecular weight excluding hydrogens is 223 g/mol. The Morgan fingerprint density at radius 2 is 2.41 bits per heavy atom. The van der Waals surface area contributed by atoms with Crippen LogP contribution in [0.15, 0.2) is 23.3 Å². The van der Waals surface area contributed by atoms with Crippen molar-refractivity contribution >= 4 is 0 Å². The van der Waals surface area contributed by atoms with Gasteiger partial charge in [0.15, 0.2) is 0 Å². The first-order chi connectivity index (χ1) is 8.29. The molecule has 2 rings (SSSR count). The maximum Gasteiger partial charge on any atom is 0.124 e. The van der Waals surface area contributed by atoms with Gasteiger partial charge in [0.1, 0.15) is 18.2 Å². The summed E-state index contributed by atoms with van der Waals surface area (Å²) in [5.41, 5.74) is 9.05. The molecule has 0 saturated heterocycles. The zero-order valence-electron chi connectivity index (χ0n) is 9.34. The number of fused-ring (bicyclic) bond motifs is 1. The lowest BCUT2D eigenvalue weighted by Gasteiger charge is -2.17. The molecule has 90 valence electrons. The maximum atomic E-state index is 13.1. The third kappa shape index (κ3) is 3.09. The summed E-state index contributed by atoms with van der Waals surface area (Å²) >= 11 is 0. The Labute approximate surface area is 98.4 Å². The minimum absolute atomic E-state index is 0.260. The average molecular weight is 236 g/mol. The Morgan fingerprint density at radius 3 is 3.24 bits per heavy atom. The van der Waals surface area contributed by atoms with Gasteiger partial charge in [-0.25, -0.2) is 4.39 Å². The molecular formula is C11H13FN4O. The number of ether oxygens (including phenoxy) is 1. The Bertz CT molecular complexity index is 445. The highest BCUT2D eigenvalue weighted by Crippen LogP contribution is 2.23. The van der Waals surface area contributed by atoms with Gasteiger partial charge in [0.25, 0.3) is 0 Å². The van der Waals surface area contributed by atoms with E-state index in [1.54, 1.807) is 6.07 Å². The van der Waals surface area contributed by atoms with Gasteiger partial charge in [-0.15, -0.1) is 0 Å². The Kier molecular flexibility index (Phi) is 3.80. The van der Waals surface area contributed by atoms with Crippen LogP contribution < -0.4 is 4.74 Å². The smallest absolute Gasteiger partial charge is 0.124 e. The van der Waals surface area contributed by atoms with E-state index in [2.05, 4.69) is 14.9 Å². The molecule has 0 atom stereocenters. The molecule has 0 unspecified atom stereocenters. The minimum atomic E-state index is -0.260. The minimum Gasteiger partial charge on any atom is -0.492 e. The second-order valence-electron chi connectivity index (χ2n) is 3.83. The van der Waals surface area contributed by atoms with E-state index in [9.17, 15) is 4.39 Å². The zero-order valence-corrected chi connectivity index (χ0v) is 9.34. The van der Waals surface area contributed by atoms with Crippen molar-refractivity contribution in [2.75, 3.05) is 26.2 Å². The molecule has 1 aliphatic rings. The summed E-state index contributed by atoms with van der Waals surface area (Å²) in [7, 11) is 0. The number of rotatable bonds is 3. The van der Waals surface area contributed by atoms with Crippen LogP contribution in [-0.4, -0.2) is 31.1 Å². The van der Waals surface area contributed by atoms with Crippen LogP contribution in [0, 0.1) is 5.82 Å². The van der Waals surface area contributed by atoms with Gasteiger partial charge in [-0.3, -0.25) is 4.90 Å². The SMILES string of the molecule is [N-]=[N+]=NCCN1CCOc2ccc(F)cc2C1. The van der Waals surface area contributed by atoms with Crippen molar-refractivity contribution in [1.29, 1.82) is 0 Å². The van der Waals surface area contributed by atoms with Crippen molar-refractivity contribution in [2.24, 2.45) is 5.11 Å². The molecule has 17 heavy (non-hydrogen) atoms. The fourth-order valence-corrected chi connectivity index (χ4v) is 1.84. The third-order valence-electron chi connectivity index (χ3n) is 2.66. The van der Waals surface area contributed by atoms with E-state index < -0.39 is 0 Å². The largest absolute Gasteiger partial charge is 0.492 e. The number of hydrogen-bond acceptors (Lipinski definition) is 3. The standard InChI is InChI=1S/C11H13FN4O/c12-10-1-2-11-9(7-10)8-16(5-6-17-11)4-3-14-15-13/h1-2,7H,3-6,8H2. The van der Waals surface area contributed by atoms with Crippen LogP contribution in [-0.2, 0) is 6.54 Å². The highest BCUT2D eigenvalue weighted by molar-refractivity contribution is 5.34. The van der Waals surface area contributed by atoms with Crippen LogP contribution in [0.2, 0.25) is 0 Å². The summed E-state index contributed by atoms with van der Waals surface area (Å²) in [6, 6.07) is 4.54. The Hall–Kier alpha value is -1.78. The molecule has 0 N–H and O–H groups in total. The van der Waals surface area contributed by atoms with Crippen LogP contribution in [0.4, 0.5) is 4.39 Å². The molecule has 1 aromatic rings. The molecule has 0 aromatic heterocycles. The number of azide groups is 1. The molecule has 6 heteroatoms. The van der Waals surface area contributed by atoms with Crippen molar-refractivity contribution in [2.45, 2.75) is 6.54 Å². The summed E-state index contributed by atoms with van der Waals surface area (Å²) in [4.78, 5) is 4.79. The quantitative estimate of drug-likeness (QED) is 0.459. The summed E-state index contributed by atoms with van der Waals surface area (Å²) in [5, 5.41) is 3.49. The highest BCUT2D eigenvalue weighted by Gasteiger charge is 2.15. The number of benzene rings is 1. The van der Waals surface area contributed by atoms with Gasteiger partial charge in [0.2, 0.25) is 0 Å². The molecule has 0 bridgehead atoms. The van der Waals surface area contributed by atoms with Crippen molar-refractivity contribution in [3.63, 3.8) is 0 Å². The molecule has 0 aliphatic carbocycles. The average Bonchev–Trinajstić information content (AvgIpc) is 2.50. The molecule has 0 fully saturated rings. The molecule has 5 nitrogen and oxygen atoms in total. The van der Waals surface area contributed by atoms with Gasteiger partial charge in [0, 0.05) is 36.7 Å². The molecule has 0 amide bonds. The molecule has 1 aromatic carbocycles. The van der Waals surface area contributed by atoms with Gasteiger partial charge in [-0.1, -0.05) is 5.11 Å². The summed E-state index contributed by atoms with van der Waals surface area (Å²) < 4.78 is 18.6. The van der Waals surface area contributed by atoms with Crippen molar-refractivity contribution in [3.05, 3.63) is 40.0 Å². The third-order valence-corrected chi connectivity index (χ3v) is 2.66. The van der Waals surface area contributed by atoms with Crippen LogP contribution in [0.3, 0.4) is 0 Å². The highest BCUT2D eigenvalue weighted by atomic mass is 19.1. The lowest BCUT2D eigenvalue weighted by molar-refractivity contribution is 0.230. The zero-order chi connectivity index (χ0) is 12.1. The number of halogens is 1. The Balaban J connectivity index is 2.07. The lowest BCUT2D eigenvalue weighted by atomic mass is 10.2. The summed E-state index contributed by atoms with van der Waals surface area (Å²) in [6.45, 7) is 3.00. The molecule has 1 aliphatic heterocycles. The van der Waals surface area contributed by atoms with Crippen molar-refractivity contribution in [1.82, 2.24) is 4.90 Å². The molecule has 0 spiro atoms. The van der Waals surface area contributed by atoms with E-state index in [4.69, 9.17) is 10.3 Å². The first-order valence-corrected chi connectivity index (χ1v) is 5.44. The second-order valence-corrected chi connectivity index (χ2v) is 3.83. The van der Waals surface area contributed by atoms with E-state index in [1.807, 2.05) is 0 Å².